The van der Waals surface area contributed by atoms with Gasteiger partial charge in [-0.1, -0.05) is 20.8 Å². The molecular formula is C15H31NO5SSi. The van der Waals surface area contributed by atoms with Crippen molar-refractivity contribution in [1.29, 1.82) is 0 Å². The molecule has 8 heteroatoms. The Morgan fingerprint density at radius 2 is 1.83 bits per heavy atom. The van der Waals surface area contributed by atoms with Crippen LogP contribution in [0.15, 0.2) is 0 Å². The third-order valence-electron chi connectivity index (χ3n) is 4.15. The van der Waals surface area contributed by atoms with Crippen molar-refractivity contribution < 1.29 is 22.3 Å². The van der Waals surface area contributed by atoms with E-state index in [1.54, 1.807) is 20.8 Å². The van der Waals surface area contributed by atoms with E-state index >= 15 is 0 Å². The van der Waals surface area contributed by atoms with Gasteiger partial charge in [-0.25, -0.2) is 9.00 Å². The molecule has 1 aliphatic rings. The zero-order valence-electron chi connectivity index (χ0n) is 15.6. The van der Waals surface area contributed by atoms with Gasteiger partial charge >= 0.3 is 6.09 Å². The topological polar surface area (TPSA) is 65.1 Å². The molecule has 1 heterocycles. The molecular weight excluding hydrogens is 334 g/mol. The maximum Gasteiger partial charge on any atom is 0.424 e. The smallest absolute Gasteiger partial charge is 0.424 e. The zero-order valence-corrected chi connectivity index (χ0v) is 17.4. The van der Waals surface area contributed by atoms with Gasteiger partial charge in [0.2, 0.25) is 0 Å². The zero-order chi connectivity index (χ0) is 18.1. The van der Waals surface area contributed by atoms with Crippen LogP contribution in [0.1, 0.15) is 48.0 Å². The van der Waals surface area contributed by atoms with Crippen molar-refractivity contribution in [1.82, 2.24) is 4.31 Å². The molecule has 136 valence electrons. The molecule has 2 atom stereocenters. The van der Waals surface area contributed by atoms with E-state index in [4.69, 9.17) is 13.3 Å². The Bertz CT molecular complexity index is 456. The minimum absolute atomic E-state index is 0.132. The average Bonchev–Trinajstić information content (AvgIpc) is 2.66. The third-order valence-corrected chi connectivity index (χ3v) is 9.79. The number of ether oxygens (including phenoxy) is 1. The summed E-state index contributed by atoms with van der Waals surface area (Å²) in [6, 6.07) is -0.282. The van der Waals surface area contributed by atoms with Gasteiger partial charge in [0, 0.05) is 6.61 Å². The molecule has 23 heavy (non-hydrogen) atoms. The lowest BCUT2D eigenvalue weighted by Crippen LogP contribution is -2.44. The van der Waals surface area contributed by atoms with Gasteiger partial charge in [0.1, 0.15) is 5.60 Å². The van der Waals surface area contributed by atoms with Crippen LogP contribution >= 0.6 is 0 Å². The summed E-state index contributed by atoms with van der Waals surface area (Å²) in [7, 11) is -1.83. The lowest BCUT2D eigenvalue weighted by Gasteiger charge is -2.36. The standard InChI is InChI=1S/C15H31NO5SSi/c1-14(2,3)21-13(17)16-12(11-19-22(16)18)9-10-20-23(7,8)15(4,5)6/h12H,9-11H2,1-8H3/t12-,22?/m0/s1. The Morgan fingerprint density at radius 1 is 1.26 bits per heavy atom. The van der Waals surface area contributed by atoms with Crippen LogP contribution in [0.25, 0.3) is 0 Å². The number of rotatable bonds is 4. The Labute approximate surface area is 143 Å². The van der Waals surface area contributed by atoms with Gasteiger partial charge < -0.3 is 9.16 Å². The first-order chi connectivity index (χ1) is 10.2. The van der Waals surface area contributed by atoms with Crippen molar-refractivity contribution in [3.05, 3.63) is 0 Å². The van der Waals surface area contributed by atoms with E-state index in [0.29, 0.717) is 13.0 Å². The largest absolute Gasteiger partial charge is 0.443 e. The normalized spacial score (nSPS) is 23.2. The first-order valence-corrected chi connectivity index (χ1v) is 11.9. The van der Waals surface area contributed by atoms with Crippen molar-refractivity contribution in [3.63, 3.8) is 0 Å². The van der Waals surface area contributed by atoms with Crippen LogP contribution < -0.4 is 0 Å². The lowest BCUT2D eigenvalue weighted by atomic mass is 10.2. The molecule has 1 unspecified atom stereocenters. The molecule has 0 aromatic carbocycles. The Kier molecular flexibility index (Phi) is 6.45. The summed E-state index contributed by atoms with van der Waals surface area (Å²) >= 11 is -1.78. The molecule has 6 nitrogen and oxygen atoms in total. The number of carbonyl (C=O) groups excluding carboxylic acids is 1. The molecule has 0 radical (unpaired) electrons. The van der Waals surface area contributed by atoms with Crippen molar-refractivity contribution in [2.24, 2.45) is 0 Å². The first kappa shape index (κ1) is 20.6. The molecule has 1 fully saturated rings. The molecule has 0 bridgehead atoms. The first-order valence-electron chi connectivity index (χ1n) is 7.96. The third kappa shape index (κ3) is 5.85. The number of hydrogen-bond acceptors (Lipinski definition) is 5. The fraction of sp³-hybridized carbons (Fsp3) is 0.933. The van der Waals surface area contributed by atoms with Crippen LogP contribution in [0.4, 0.5) is 4.79 Å². The summed E-state index contributed by atoms with van der Waals surface area (Å²) < 4.78 is 29.6. The van der Waals surface area contributed by atoms with Gasteiger partial charge in [-0.3, -0.25) is 4.18 Å². The summed E-state index contributed by atoms with van der Waals surface area (Å²) in [6.07, 6.45) is -0.0250. The molecule has 1 rings (SSSR count). The molecule has 0 aromatic rings. The van der Waals surface area contributed by atoms with E-state index in [0.717, 1.165) is 0 Å². The maximum absolute atomic E-state index is 12.2. The van der Waals surface area contributed by atoms with Crippen LogP contribution in [-0.4, -0.2) is 47.8 Å². The van der Waals surface area contributed by atoms with E-state index < -0.39 is 31.3 Å². The van der Waals surface area contributed by atoms with Crippen LogP contribution in [0.2, 0.25) is 18.1 Å². The fourth-order valence-electron chi connectivity index (χ4n) is 1.77. The van der Waals surface area contributed by atoms with E-state index in [-0.39, 0.29) is 17.7 Å². The van der Waals surface area contributed by atoms with E-state index in [2.05, 4.69) is 33.9 Å². The quantitative estimate of drug-likeness (QED) is 0.712. The van der Waals surface area contributed by atoms with Gasteiger partial charge in [-0.15, -0.1) is 0 Å². The number of amides is 1. The Morgan fingerprint density at radius 3 is 2.30 bits per heavy atom. The van der Waals surface area contributed by atoms with Gasteiger partial charge in [0.15, 0.2) is 8.32 Å². The minimum atomic E-state index is -1.83. The molecule has 1 saturated heterocycles. The molecule has 0 aliphatic carbocycles. The molecule has 1 aliphatic heterocycles. The fourth-order valence-corrected chi connectivity index (χ4v) is 3.78. The van der Waals surface area contributed by atoms with E-state index in [1.165, 1.54) is 4.31 Å². The number of hydrogen-bond donors (Lipinski definition) is 0. The van der Waals surface area contributed by atoms with Crippen molar-refractivity contribution in [3.8, 4) is 0 Å². The van der Waals surface area contributed by atoms with E-state index in [9.17, 15) is 9.00 Å². The molecule has 0 aromatic heterocycles. The number of carbonyl (C=O) groups is 1. The monoisotopic (exact) mass is 365 g/mol. The Balaban J connectivity index is 2.62. The molecule has 0 saturated carbocycles. The highest BCUT2D eigenvalue weighted by atomic mass is 32.2. The average molecular weight is 366 g/mol. The second kappa shape index (κ2) is 7.21. The van der Waals surface area contributed by atoms with Crippen molar-refractivity contribution in [2.75, 3.05) is 13.2 Å². The summed E-state index contributed by atoms with van der Waals surface area (Å²) in [5.74, 6) is 0. The minimum Gasteiger partial charge on any atom is -0.443 e. The van der Waals surface area contributed by atoms with E-state index in [1.807, 2.05) is 0 Å². The van der Waals surface area contributed by atoms with Crippen molar-refractivity contribution >= 4 is 25.7 Å². The van der Waals surface area contributed by atoms with Crippen LogP contribution in [0.5, 0.6) is 0 Å². The van der Waals surface area contributed by atoms with Crippen LogP contribution in [0.3, 0.4) is 0 Å². The SMILES string of the molecule is CC(C)(C)OC(=O)N1[C@@H](CCO[Si](C)(C)C(C)(C)C)COS1=O. The molecule has 0 N–H and O–H groups in total. The van der Waals surface area contributed by atoms with Gasteiger partial charge in [-0.05, 0) is 45.3 Å². The number of nitrogens with zero attached hydrogens (tertiary/aromatic N) is 1. The van der Waals surface area contributed by atoms with Gasteiger partial charge in [0.05, 0.1) is 12.6 Å². The summed E-state index contributed by atoms with van der Waals surface area (Å²) in [6.45, 7) is 17.0. The highest BCUT2D eigenvalue weighted by molar-refractivity contribution is 7.78. The predicted octanol–water partition coefficient (Wildman–Crippen LogP) is 3.61. The predicted molar refractivity (Wildman–Crippen MR) is 93.7 cm³/mol. The van der Waals surface area contributed by atoms with Crippen LogP contribution in [0, 0.1) is 0 Å². The highest BCUT2D eigenvalue weighted by Gasteiger charge is 2.41. The van der Waals surface area contributed by atoms with Gasteiger partial charge in [-0.2, -0.15) is 4.31 Å². The lowest BCUT2D eigenvalue weighted by molar-refractivity contribution is 0.0351. The van der Waals surface area contributed by atoms with Crippen LogP contribution in [-0.2, 0) is 24.6 Å². The highest BCUT2D eigenvalue weighted by Crippen LogP contribution is 2.36. The van der Waals surface area contributed by atoms with Crippen molar-refractivity contribution in [2.45, 2.75) is 77.7 Å². The van der Waals surface area contributed by atoms with Gasteiger partial charge in [0.25, 0.3) is 11.3 Å². The maximum atomic E-state index is 12.2. The molecule has 0 spiro atoms. The summed E-state index contributed by atoms with van der Waals surface area (Å²) in [4.78, 5) is 12.2. The Hall–Kier alpha value is -0.443. The summed E-state index contributed by atoms with van der Waals surface area (Å²) in [5, 5.41) is 0.132. The second-order valence-electron chi connectivity index (χ2n) is 8.36. The second-order valence-corrected chi connectivity index (χ2v) is 14.2. The molecule has 1 amide bonds. The summed E-state index contributed by atoms with van der Waals surface area (Å²) in [5.41, 5.74) is -0.633.